The summed E-state index contributed by atoms with van der Waals surface area (Å²) in [6, 6.07) is -14.5. The fraction of sp³-hybridized carbons (Fsp3) is 0.571. The van der Waals surface area contributed by atoms with Crippen molar-refractivity contribution < 1.29 is 110 Å². The number of alkyl halides is 12. The maximum atomic E-state index is 13.1. The van der Waals surface area contributed by atoms with Crippen molar-refractivity contribution in [2.45, 2.75) is 49.0 Å². The second kappa shape index (κ2) is 12.0. The Morgan fingerprint density at radius 3 is 1.26 bits per heavy atom. The summed E-state index contributed by atoms with van der Waals surface area (Å²) in [5, 5.41) is 33.8. The third kappa shape index (κ3) is 9.54. The maximum absolute atomic E-state index is 13.1. The Kier molecular flexibility index (Phi) is 11.6. The van der Waals surface area contributed by atoms with Gasteiger partial charge in [0.05, 0.1) is 12.8 Å². The van der Waals surface area contributed by atoms with Gasteiger partial charge in [-0.15, -0.1) is 0 Å². The normalized spacial score (nSPS) is 13.0. The highest BCUT2D eigenvalue weighted by Crippen LogP contribution is 2.48. The Morgan fingerprint density at radius 2 is 1.03 bits per heavy atom. The molecule has 0 rings (SSSR count). The average Bonchev–Trinajstić information content (AvgIpc) is 2.63. The predicted molar refractivity (Wildman–Crippen MR) is 82.7 cm³/mol. The number of rotatable bonds is 9. The van der Waals surface area contributed by atoms with Crippen LogP contribution in [0.15, 0.2) is 11.9 Å². The monoisotopic (exact) mass is 619 g/mol. The van der Waals surface area contributed by atoms with Gasteiger partial charge in [-0.25, -0.2) is 9.59 Å². The third-order valence-electron chi connectivity index (χ3n) is 3.35. The van der Waals surface area contributed by atoms with E-state index in [0.29, 0.717) is 0 Å². The van der Waals surface area contributed by atoms with Crippen molar-refractivity contribution in [3.63, 3.8) is 0 Å². The van der Waals surface area contributed by atoms with E-state index in [1.165, 1.54) is 0 Å². The summed E-state index contributed by atoms with van der Waals surface area (Å²) < 4.78 is 186. The first-order chi connectivity index (χ1) is 16.9. The summed E-state index contributed by atoms with van der Waals surface area (Å²) in [6.45, 7) is 0. The fourth-order valence-corrected chi connectivity index (χ4v) is 1.67. The molecule has 0 bridgehead atoms. The zero-order valence-electron chi connectivity index (χ0n) is 17.4. The largest absolute Gasteiger partial charge is 0.502 e. The van der Waals surface area contributed by atoms with E-state index >= 15 is 0 Å². The number of aliphatic carboxylic acids is 3. The number of hydrogen-bond acceptors (Lipinski definition) is 6. The summed E-state index contributed by atoms with van der Waals surface area (Å²) in [6.07, 6.45) is -32.4. The molecule has 228 valence electrons. The van der Waals surface area contributed by atoms with Crippen molar-refractivity contribution in [3.05, 3.63) is 11.9 Å². The lowest BCUT2D eigenvalue weighted by Crippen LogP contribution is -2.63. The molecule has 0 aliphatic rings. The van der Waals surface area contributed by atoms with Gasteiger partial charge in [-0.3, -0.25) is 9.59 Å². The van der Waals surface area contributed by atoms with Crippen molar-refractivity contribution in [1.29, 1.82) is 0 Å². The Hall–Kier alpha value is -3.67. The number of aliphatic hydroxyl groups is 1. The molecule has 4 N–H and O–H groups in total. The van der Waals surface area contributed by atoms with Gasteiger partial charge in [0.15, 0.2) is 5.60 Å². The standard InChI is InChI=1S/C8F15NO2.C6H8O7/c9-1(2(10)11)4(12,13)24(7(20,21)5(14,15)16)3(25)26-8(22,23)6(17,18)19;7-3(8)1-6(13,5(11)12)2-4(9)10/h;13H,1-2H2,(H,7,8)(H,9,10)(H,11,12). The van der Waals surface area contributed by atoms with Crippen LogP contribution >= 0.6 is 0 Å². The smallest absolute Gasteiger partial charge is 0.481 e. The lowest BCUT2D eigenvalue weighted by molar-refractivity contribution is -0.395. The zero-order valence-corrected chi connectivity index (χ0v) is 17.4. The summed E-state index contributed by atoms with van der Waals surface area (Å²) in [5.41, 5.74) is -2.74. The van der Waals surface area contributed by atoms with Crippen molar-refractivity contribution in [2.24, 2.45) is 0 Å². The van der Waals surface area contributed by atoms with Crippen molar-refractivity contribution in [3.8, 4) is 0 Å². The molecule has 0 aliphatic carbocycles. The van der Waals surface area contributed by atoms with E-state index in [1.807, 2.05) is 0 Å². The lowest BCUT2D eigenvalue weighted by Gasteiger charge is -2.36. The molecule has 0 saturated carbocycles. The van der Waals surface area contributed by atoms with Crippen LogP contribution in [0.5, 0.6) is 0 Å². The van der Waals surface area contributed by atoms with E-state index in [0.717, 1.165) is 0 Å². The van der Waals surface area contributed by atoms with Gasteiger partial charge in [0, 0.05) is 0 Å². The average molecular weight is 619 g/mol. The molecule has 0 unspecified atom stereocenters. The molecule has 0 radical (unpaired) electrons. The number of ether oxygens (including phenoxy) is 1. The molecule has 1 amide bonds. The highest BCUT2D eigenvalue weighted by Gasteiger charge is 2.73. The van der Waals surface area contributed by atoms with Gasteiger partial charge in [-0.1, -0.05) is 0 Å². The molecule has 0 aromatic rings. The van der Waals surface area contributed by atoms with Crippen molar-refractivity contribution in [1.82, 2.24) is 4.90 Å². The van der Waals surface area contributed by atoms with Gasteiger partial charge in [-0.05, 0) is 0 Å². The number of carbonyl (C=O) groups excluding carboxylic acids is 1. The predicted octanol–water partition coefficient (Wildman–Crippen LogP) is 4.16. The van der Waals surface area contributed by atoms with Crippen LogP contribution in [0.2, 0.25) is 0 Å². The molecule has 0 saturated heterocycles. The molecule has 0 heterocycles. The van der Waals surface area contributed by atoms with E-state index < -0.39 is 89.8 Å². The van der Waals surface area contributed by atoms with Gasteiger partial charge >= 0.3 is 60.6 Å². The first-order valence-electron chi connectivity index (χ1n) is 8.29. The van der Waals surface area contributed by atoms with Crippen molar-refractivity contribution >= 4 is 24.0 Å². The van der Waals surface area contributed by atoms with E-state index in [9.17, 15) is 85.0 Å². The van der Waals surface area contributed by atoms with Crippen LogP contribution in [0.25, 0.3) is 0 Å². The van der Waals surface area contributed by atoms with E-state index in [4.69, 9.17) is 20.4 Å². The quantitative estimate of drug-likeness (QED) is 0.220. The number of hydrogen-bond donors (Lipinski definition) is 4. The van der Waals surface area contributed by atoms with Gasteiger partial charge in [0.25, 0.3) is 5.83 Å². The summed E-state index contributed by atoms with van der Waals surface area (Å²) >= 11 is 0. The van der Waals surface area contributed by atoms with Gasteiger partial charge < -0.3 is 25.2 Å². The Morgan fingerprint density at radius 1 is 0.667 bits per heavy atom. The summed E-state index contributed by atoms with van der Waals surface area (Å²) in [5.74, 6) is -9.50. The Labute approximate surface area is 201 Å². The van der Waals surface area contributed by atoms with E-state index in [2.05, 4.69) is 0 Å². The van der Waals surface area contributed by atoms with Crippen LogP contribution in [-0.4, -0.2) is 85.5 Å². The van der Waals surface area contributed by atoms with E-state index in [1.54, 1.807) is 4.74 Å². The minimum atomic E-state index is -7.43. The number of amides is 1. The summed E-state index contributed by atoms with van der Waals surface area (Å²) in [4.78, 5) is 37.5. The molecular weight excluding hydrogens is 611 g/mol. The van der Waals surface area contributed by atoms with Crippen LogP contribution in [0.4, 0.5) is 70.7 Å². The first kappa shape index (κ1) is 37.5. The Bertz CT molecular complexity index is 954. The maximum Gasteiger partial charge on any atom is 0.502 e. The molecule has 0 aromatic heterocycles. The number of carboxylic acid groups (broad SMARTS) is 3. The molecule has 25 heteroatoms. The SMILES string of the molecule is O=C(O)CC(O)(CC(=O)O)C(=O)O.O=C(OC(F)(F)C(F)(F)F)N(C(F)(F)C(F)=C(F)F)C(F)(F)C(F)(F)F. The second-order valence-electron chi connectivity index (χ2n) is 6.35. The van der Waals surface area contributed by atoms with Crippen LogP contribution in [0.3, 0.4) is 0 Å². The second-order valence-corrected chi connectivity index (χ2v) is 6.35. The van der Waals surface area contributed by atoms with Gasteiger partial charge in [-0.2, -0.15) is 70.8 Å². The highest BCUT2D eigenvalue weighted by atomic mass is 19.4. The van der Waals surface area contributed by atoms with Crippen LogP contribution in [0, 0.1) is 0 Å². The van der Waals surface area contributed by atoms with Crippen LogP contribution in [0.1, 0.15) is 12.8 Å². The topological polar surface area (TPSA) is 162 Å². The number of nitrogens with zero attached hydrogens (tertiary/aromatic N) is 1. The minimum Gasteiger partial charge on any atom is -0.481 e. The number of carboxylic acids is 3. The molecule has 39 heavy (non-hydrogen) atoms. The molecule has 0 atom stereocenters. The number of halogens is 15. The lowest BCUT2D eigenvalue weighted by atomic mass is 9.96. The first-order valence-corrected chi connectivity index (χ1v) is 8.29. The molecular formula is C14H8F15NO9. The molecule has 10 nitrogen and oxygen atoms in total. The fourth-order valence-electron chi connectivity index (χ4n) is 1.67. The minimum absolute atomic E-state index is 1.14. The third-order valence-corrected chi connectivity index (χ3v) is 3.35. The highest BCUT2D eigenvalue weighted by molar-refractivity contribution is 5.88. The van der Waals surface area contributed by atoms with Gasteiger partial charge in [0.2, 0.25) is 0 Å². The number of carbonyl (C=O) groups is 4. The van der Waals surface area contributed by atoms with Crippen LogP contribution in [-0.2, 0) is 19.1 Å². The summed E-state index contributed by atoms with van der Waals surface area (Å²) in [7, 11) is 0. The zero-order chi connectivity index (χ0) is 32.2. The molecule has 0 fully saturated rings. The van der Waals surface area contributed by atoms with Gasteiger partial charge in [0.1, 0.15) is 0 Å². The Balaban J connectivity index is 0. The van der Waals surface area contributed by atoms with Crippen molar-refractivity contribution in [2.75, 3.05) is 0 Å². The molecule has 0 aliphatic heterocycles. The molecule has 0 aromatic carbocycles. The van der Waals surface area contributed by atoms with Crippen LogP contribution < -0.4 is 0 Å². The van der Waals surface area contributed by atoms with E-state index in [-0.39, 0.29) is 0 Å². The molecule has 0 spiro atoms.